The predicted molar refractivity (Wildman–Crippen MR) is 42.2 cm³/mol. The van der Waals surface area contributed by atoms with Crippen molar-refractivity contribution in [2.75, 3.05) is 0 Å². The van der Waals surface area contributed by atoms with E-state index in [1.54, 1.807) is 6.08 Å². The van der Waals surface area contributed by atoms with Gasteiger partial charge in [0.2, 0.25) is 0 Å². The highest BCUT2D eigenvalue weighted by Crippen LogP contribution is 2.25. The molecular weight excluding hydrogens is 181 g/mol. The van der Waals surface area contributed by atoms with E-state index in [2.05, 4.69) is 0 Å². The lowest BCUT2D eigenvalue weighted by Crippen LogP contribution is -2.17. The van der Waals surface area contributed by atoms with Crippen LogP contribution in [-0.2, 0) is 4.79 Å². The molecule has 13 heavy (non-hydrogen) atoms. The van der Waals surface area contributed by atoms with E-state index in [0.29, 0.717) is 12.0 Å². The Labute approximate surface area is 74.6 Å². The van der Waals surface area contributed by atoms with Crippen LogP contribution in [0.1, 0.15) is 32.1 Å². The van der Waals surface area contributed by atoms with Crippen molar-refractivity contribution < 1.29 is 18.0 Å². The van der Waals surface area contributed by atoms with Gasteiger partial charge in [-0.25, -0.2) is 0 Å². The molecule has 0 aromatic heterocycles. The minimum Gasteiger partial charge on any atom is -0.294 e. The van der Waals surface area contributed by atoms with Gasteiger partial charge in [-0.2, -0.15) is 13.2 Å². The molecule has 0 atom stereocenters. The second-order valence-corrected chi connectivity index (χ2v) is 3.19. The molecule has 0 bridgehead atoms. The lowest BCUT2D eigenvalue weighted by Gasteiger charge is -2.12. The Balaban J connectivity index is 2.52. The van der Waals surface area contributed by atoms with E-state index in [0.717, 1.165) is 19.3 Å². The highest BCUT2D eigenvalue weighted by Gasteiger charge is 2.32. The molecule has 1 rings (SSSR count). The van der Waals surface area contributed by atoms with Crippen LogP contribution in [-0.4, -0.2) is 12.0 Å². The van der Waals surface area contributed by atoms with Crippen molar-refractivity contribution in [2.45, 2.75) is 38.3 Å². The van der Waals surface area contributed by atoms with Gasteiger partial charge in [-0.15, -0.1) is 0 Å². The molecule has 4 heteroatoms. The molecule has 0 amide bonds. The van der Waals surface area contributed by atoms with Crippen LogP contribution < -0.4 is 0 Å². The van der Waals surface area contributed by atoms with Gasteiger partial charge in [-0.05, 0) is 31.3 Å². The molecule has 0 aromatic carbocycles. The number of hydrogen-bond donors (Lipinski definition) is 0. The Morgan fingerprint density at radius 2 is 2.08 bits per heavy atom. The summed E-state index contributed by atoms with van der Waals surface area (Å²) in [4.78, 5) is 11.0. The number of rotatable bonds is 2. The van der Waals surface area contributed by atoms with Crippen LogP contribution in [0.3, 0.4) is 0 Å². The highest BCUT2D eigenvalue weighted by atomic mass is 19.4. The predicted octanol–water partition coefficient (Wildman–Crippen LogP) is 3.01. The van der Waals surface area contributed by atoms with Crippen LogP contribution in [0.5, 0.6) is 0 Å². The maximum Gasteiger partial charge on any atom is 0.396 e. The molecule has 74 valence electrons. The first-order valence-electron chi connectivity index (χ1n) is 4.28. The van der Waals surface area contributed by atoms with Gasteiger partial charge in [-0.3, -0.25) is 4.79 Å². The summed E-state index contributed by atoms with van der Waals surface area (Å²) in [5.74, 6) is -0.757. The zero-order valence-electron chi connectivity index (χ0n) is 7.16. The Morgan fingerprint density at radius 1 is 1.38 bits per heavy atom. The zero-order valence-corrected chi connectivity index (χ0v) is 7.16. The summed E-state index contributed by atoms with van der Waals surface area (Å²) in [6.45, 7) is 0. The third-order valence-corrected chi connectivity index (χ3v) is 2.01. The normalized spacial score (nSPS) is 18.2. The highest BCUT2D eigenvalue weighted by molar-refractivity contribution is 5.95. The van der Waals surface area contributed by atoms with Crippen molar-refractivity contribution in [3.8, 4) is 0 Å². The van der Waals surface area contributed by atoms with Gasteiger partial charge >= 0.3 is 6.18 Å². The fourth-order valence-corrected chi connectivity index (χ4v) is 1.39. The summed E-state index contributed by atoms with van der Waals surface area (Å²) in [7, 11) is 0. The third kappa shape index (κ3) is 3.61. The molecule has 1 nitrogen and oxygen atoms in total. The van der Waals surface area contributed by atoms with Crippen molar-refractivity contribution in [3.05, 3.63) is 11.6 Å². The summed E-state index contributed by atoms with van der Waals surface area (Å²) in [6, 6.07) is 0. The Kier molecular flexibility index (Phi) is 3.12. The van der Waals surface area contributed by atoms with E-state index in [1.165, 1.54) is 0 Å². The van der Waals surface area contributed by atoms with E-state index in [1.807, 2.05) is 0 Å². The van der Waals surface area contributed by atoms with E-state index >= 15 is 0 Å². The summed E-state index contributed by atoms with van der Waals surface area (Å²) in [5.41, 5.74) is 0.364. The van der Waals surface area contributed by atoms with Crippen LogP contribution in [0.4, 0.5) is 13.2 Å². The summed E-state index contributed by atoms with van der Waals surface area (Å²) in [5, 5.41) is 0. The average Bonchev–Trinajstić information content (AvgIpc) is 2.03. The van der Waals surface area contributed by atoms with Gasteiger partial charge in [0.1, 0.15) is 6.42 Å². The van der Waals surface area contributed by atoms with Crippen LogP contribution in [0.15, 0.2) is 11.6 Å². The molecule has 0 radical (unpaired) electrons. The molecule has 0 heterocycles. The van der Waals surface area contributed by atoms with E-state index in [-0.39, 0.29) is 0 Å². The fourth-order valence-electron chi connectivity index (χ4n) is 1.39. The Hall–Kier alpha value is -0.800. The summed E-state index contributed by atoms with van der Waals surface area (Å²) >= 11 is 0. The first-order chi connectivity index (χ1) is 5.99. The molecule has 0 aromatic rings. The first kappa shape index (κ1) is 10.3. The number of allylic oxidation sites excluding steroid dienone is 2. The SMILES string of the molecule is O=C(CC(F)(F)F)C1=CCCCC1. The number of carbonyl (C=O) groups is 1. The maximum absolute atomic E-state index is 11.8. The van der Waals surface area contributed by atoms with Crippen LogP contribution in [0.2, 0.25) is 0 Å². The van der Waals surface area contributed by atoms with Crippen molar-refractivity contribution in [3.63, 3.8) is 0 Å². The quantitative estimate of drug-likeness (QED) is 0.657. The minimum atomic E-state index is -4.37. The number of alkyl halides is 3. The van der Waals surface area contributed by atoms with Gasteiger partial charge in [0.05, 0.1) is 0 Å². The van der Waals surface area contributed by atoms with Gasteiger partial charge in [-0.1, -0.05) is 6.08 Å². The number of carbonyl (C=O) groups excluding carboxylic acids is 1. The third-order valence-electron chi connectivity index (χ3n) is 2.01. The lowest BCUT2D eigenvalue weighted by atomic mass is 9.95. The summed E-state index contributed by atoms with van der Waals surface area (Å²) in [6.07, 6.45) is -0.988. The largest absolute Gasteiger partial charge is 0.396 e. The van der Waals surface area contributed by atoms with Gasteiger partial charge < -0.3 is 0 Å². The van der Waals surface area contributed by atoms with Crippen LogP contribution in [0, 0.1) is 0 Å². The molecular formula is C9H11F3O. The van der Waals surface area contributed by atoms with E-state index < -0.39 is 18.4 Å². The minimum absolute atomic E-state index is 0.364. The van der Waals surface area contributed by atoms with E-state index in [9.17, 15) is 18.0 Å². The molecule has 1 aliphatic carbocycles. The van der Waals surface area contributed by atoms with Crippen molar-refractivity contribution in [1.82, 2.24) is 0 Å². The molecule has 0 N–H and O–H groups in total. The van der Waals surface area contributed by atoms with Crippen molar-refractivity contribution in [1.29, 1.82) is 0 Å². The van der Waals surface area contributed by atoms with Gasteiger partial charge in [0, 0.05) is 0 Å². The lowest BCUT2D eigenvalue weighted by molar-refractivity contribution is -0.149. The number of Topliss-reactive ketones (excluding diaryl/α,β-unsaturated/α-hetero) is 1. The molecule has 0 aliphatic heterocycles. The second kappa shape index (κ2) is 3.94. The van der Waals surface area contributed by atoms with Crippen molar-refractivity contribution in [2.24, 2.45) is 0 Å². The monoisotopic (exact) mass is 192 g/mol. The second-order valence-electron chi connectivity index (χ2n) is 3.19. The van der Waals surface area contributed by atoms with Crippen LogP contribution >= 0.6 is 0 Å². The Morgan fingerprint density at radius 3 is 2.54 bits per heavy atom. The molecule has 0 saturated heterocycles. The van der Waals surface area contributed by atoms with Gasteiger partial charge in [0.25, 0.3) is 0 Å². The van der Waals surface area contributed by atoms with Crippen molar-refractivity contribution >= 4 is 5.78 Å². The maximum atomic E-state index is 11.8. The van der Waals surface area contributed by atoms with E-state index in [4.69, 9.17) is 0 Å². The molecule has 0 unspecified atom stereocenters. The topological polar surface area (TPSA) is 17.1 Å². The number of halogens is 3. The molecule has 0 spiro atoms. The standard InChI is InChI=1S/C9H11F3O/c10-9(11,12)6-8(13)7-4-2-1-3-5-7/h4H,1-3,5-6H2. The average molecular weight is 192 g/mol. The molecule has 0 fully saturated rings. The molecule has 1 aliphatic rings. The first-order valence-corrected chi connectivity index (χ1v) is 4.28. The summed E-state index contributed by atoms with van der Waals surface area (Å²) < 4.78 is 35.4. The molecule has 0 saturated carbocycles. The zero-order chi connectivity index (χ0) is 9.90. The Bertz CT molecular complexity index is 228. The number of ketones is 1. The van der Waals surface area contributed by atoms with Gasteiger partial charge in [0.15, 0.2) is 5.78 Å². The fraction of sp³-hybridized carbons (Fsp3) is 0.667. The van der Waals surface area contributed by atoms with Crippen LogP contribution in [0.25, 0.3) is 0 Å². The number of hydrogen-bond acceptors (Lipinski definition) is 1. The smallest absolute Gasteiger partial charge is 0.294 e.